The number of rotatable bonds is 1. The topological polar surface area (TPSA) is 21.5 Å². The van der Waals surface area contributed by atoms with E-state index in [-0.39, 0.29) is 5.56 Å². The van der Waals surface area contributed by atoms with Crippen LogP contribution in [0.25, 0.3) is 33.3 Å². The minimum absolute atomic E-state index is 0.0677. The minimum atomic E-state index is 0.0677. The molecule has 0 aliphatic heterocycles. The molecule has 22 heavy (non-hydrogen) atoms. The maximum absolute atomic E-state index is 13.0. The predicted octanol–water partition coefficient (Wildman–Crippen LogP) is 4.69. The largest absolute Gasteiger partial charge is 0.275 e. The fourth-order valence-corrected chi connectivity index (χ4v) is 3.53. The summed E-state index contributed by atoms with van der Waals surface area (Å²) >= 11 is 0. The molecule has 4 rings (SSSR count). The van der Waals surface area contributed by atoms with Crippen molar-refractivity contribution in [3.8, 4) is 0 Å². The lowest BCUT2D eigenvalue weighted by Crippen LogP contribution is -2.17. The number of aromatic nitrogens is 1. The molecular weight excluding hydrogens is 270 g/mol. The minimum Gasteiger partial charge on any atom is -0.275 e. The van der Waals surface area contributed by atoms with Gasteiger partial charge >= 0.3 is 0 Å². The van der Waals surface area contributed by atoms with Crippen LogP contribution in [0.3, 0.4) is 0 Å². The summed E-state index contributed by atoms with van der Waals surface area (Å²) in [7, 11) is 0. The molecule has 0 unspecified atom stereocenters. The van der Waals surface area contributed by atoms with Gasteiger partial charge in [0.1, 0.15) is 0 Å². The molecule has 108 valence electrons. The third-order valence-corrected chi connectivity index (χ3v) is 4.49. The number of allylic oxidation sites excluding steroid dienone is 1. The lowest BCUT2D eigenvalue weighted by Gasteiger charge is -2.09. The molecule has 4 aromatic rings. The summed E-state index contributed by atoms with van der Waals surface area (Å²) in [6.07, 6.45) is 3.85. The van der Waals surface area contributed by atoms with Crippen molar-refractivity contribution < 1.29 is 0 Å². The third kappa shape index (κ3) is 1.52. The molecule has 0 saturated heterocycles. The van der Waals surface area contributed by atoms with E-state index in [4.69, 9.17) is 0 Å². The molecule has 2 nitrogen and oxygen atoms in total. The maximum atomic E-state index is 13.0. The molecule has 0 atom stereocenters. The van der Waals surface area contributed by atoms with Crippen molar-refractivity contribution in [2.45, 2.75) is 20.8 Å². The maximum Gasteiger partial charge on any atom is 0.263 e. The van der Waals surface area contributed by atoms with Crippen LogP contribution in [0.5, 0.6) is 0 Å². The Labute approximate surface area is 128 Å². The molecule has 0 aliphatic carbocycles. The first-order valence-electron chi connectivity index (χ1n) is 7.56. The van der Waals surface area contributed by atoms with Crippen molar-refractivity contribution in [3.63, 3.8) is 0 Å². The number of aryl methyl sites for hydroxylation is 2. The molecule has 0 N–H and O–H groups in total. The van der Waals surface area contributed by atoms with Gasteiger partial charge in [0.15, 0.2) is 0 Å². The van der Waals surface area contributed by atoms with Gasteiger partial charge in [0, 0.05) is 21.7 Å². The molecule has 0 fully saturated rings. The van der Waals surface area contributed by atoms with E-state index >= 15 is 0 Å². The number of benzene rings is 2. The average molecular weight is 287 g/mol. The van der Waals surface area contributed by atoms with E-state index in [0.29, 0.717) is 0 Å². The lowest BCUT2D eigenvalue weighted by atomic mass is 10.0. The van der Waals surface area contributed by atoms with E-state index in [1.165, 1.54) is 10.9 Å². The number of fused-ring (bicyclic) bond motifs is 3. The standard InChI is InChI=1S/C20H17NO/c1-4-7-14-13(3)16-10-12(2)11-17-15-8-5-6-9-18(15)21(19(16)17)20(14)22/h4-11H,1-3H3/b7-4-. The van der Waals surface area contributed by atoms with Crippen LogP contribution in [0.15, 0.2) is 47.3 Å². The van der Waals surface area contributed by atoms with Crippen molar-refractivity contribution in [2.75, 3.05) is 0 Å². The van der Waals surface area contributed by atoms with E-state index in [1.54, 1.807) is 0 Å². The normalized spacial score (nSPS) is 12.3. The smallest absolute Gasteiger partial charge is 0.263 e. The predicted molar refractivity (Wildman–Crippen MR) is 94.0 cm³/mol. The van der Waals surface area contributed by atoms with Gasteiger partial charge in [0.2, 0.25) is 0 Å². The van der Waals surface area contributed by atoms with Crippen molar-refractivity contribution >= 4 is 33.3 Å². The second-order valence-corrected chi connectivity index (χ2v) is 5.91. The fraction of sp³-hybridized carbons (Fsp3) is 0.150. The van der Waals surface area contributed by atoms with E-state index in [9.17, 15) is 4.79 Å². The molecule has 0 amide bonds. The summed E-state index contributed by atoms with van der Waals surface area (Å²) in [5.74, 6) is 0. The first-order valence-corrected chi connectivity index (χ1v) is 7.56. The van der Waals surface area contributed by atoms with E-state index in [1.807, 2.05) is 48.6 Å². The van der Waals surface area contributed by atoms with E-state index < -0.39 is 0 Å². The number of hydrogen-bond donors (Lipinski definition) is 0. The van der Waals surface area contributed by atoms with Crippen molar-refractivity contribution in [2.24, 2.45) is 0 Å². The second-order valence-electron chi connectivity index (χ2n) is 5.91. The molecule has 2 heterocycles. The highest BCUT2D eigenvalue weighted by molar-refractivity contribution is 6.15. The molecule has 2 heteroatoms. The average Bonchev–Trinajstić information content (AvgIpc) is 2.84. The van der Waals surface area contributed by atoms with E-state index in [0.717, 1.165) is 32.9 Å². The van der Waals surface area contributed by atoms with Crippen LogP contribution in [0, 0.1) is 13.8 Å². The van der Waals surface area contributed by atoms with Gasteiger partial charge < -0.3 is 0 Å². The van der Waals surface area contributed by atoms with Crippen LogP contribution in [-0.2, 0) is 0 Å². The van der Waals surface area contributed by atoms with Gasteiger partial charge in [-0.15, -0.1) is 0 Å². The molecule has 2 aromatic heterocycles. The van der Waals surface area contributed by atoms with Gasteiger partial charge in [-0.1, -0.05) is 30.4 Å². The van der Waals surface area contributed by atoms with Crippen molar-refractivity contribution in [1.29, 1.82) is 0 Å². The Balaban J connectivity index is 2.46. The molecule has 0 aliphatic rings. The second kappa shape index (κ2) is 4.44. The Morgan fingerprint density at radius 3 is 2.50 bits per heavy atom. The van der Waals surface area contributed by atoms with Gasteiger partial charge in [0.25, 0.3) is 5.56 Å². The Kier molecular flexibility index (Phi) is 2.64. The Hall–Kier alpha value is -2.61. The van der Waals surface area contributed by atoms with Crippen LogP contribution in [-0.4, -0.2) is 4.40 Å². The molecular formula is C20H17NO. The summed E-state index contributed by atoms with van der Waals surface area (Å²) in [6.45, 7) is 6.10. The zero-order valence-corrected chi connectivity index (χ0v) is 13.0. The number of hydrogen-bond acceptors (Lipinski definition) is 1. The van der Waals surface area contributed by atoms with Gasteiger partial charge in [-0.3, -0.25) is 9.20 Å². The van der Waals surface area contributed by atoms with Crippen LogP contribution >= 0.6 is 0 Å². The Morgan fingerprint density at radius 2 is 1.73 bits per heavy atom. The zero-order chi connectivity index (χ0) is 15.4. The van der Waals surface area contributed by atoms with Gasteiger partial charge in [-0.2, -0.15) is 0 Å². The van der Waals surface area contributed by atoms with Crippen LogP contribution in [0.4, 0.5) is 0 Å². The number of para-hydroxylation sites is 1. The van der Waals surface area contributed by atoms with Gasteiger partial charge in [-0.05, 0) is 50.1 Å². The Bertz CT molecular complexity index is 1120. The number of pyridine rings is 1. The molecule has 0 radical (unpaired) electrons. The van der Waals surface area contributed by atoms with Crippen molar-refractivity contribution in [1.82, 2.24) is 4.40 Å². The van der Waals surface area contributed by atoms with Crippen LogP contribution < -0.4 is 5.56 Å². The summed E-state index contributed by atoms with van der Waals surface area (Å²) in [6, 6.07) is 12.5. The van der Waals surface area contributed by atoms with Crippen LogP contribution in [0.2, 0.25) is 0 Å². The van der Waals surface area contributed by atoms with Gasteiger partial charge in [0.05, 0.1) is 11.0 Å². The highest BCUT2D eigenvalue weighted by Gasteiger charge is 2.17. The highest BCUT2D eigenvalue weighted by atomic mass is 16.1. The van der Waals surface area contributed by atoms with E-state index in [2.05, 4.69) is 25.1 Å². The quantitative estimate of drug-likeness (QED) is 0.497. The highest BCUT2D eigenvalue weighted by Crippen LogP contribution is 2.34. The number of nitrogens with zero attached hydrogens (tertiary/aromatic N) is 1. The zero-order valence-electron chi connectivity index (χ0n) is 13.0. The molecule has 0 spiro atoms. The van der Waals surface area contributed by atoms with Crippen LogP contribution in [0.1, 0.15) is 23.6 Å². The van der Waals surface area contributed by atoms with Crippen molar-refractivity contribution in [3.05, 3.63) is 69.5 Å². The van der Waals surface area contributed by atoms with Gasteiger partial charge in [-0.25, -0.2) is 0 Å². The Morgan fingerprint density at radius 1 is 1.00 bits per heavy atom. The summed E-state index contributed by atoms with van der Waals surface area (Å²) < 4.78 is 1.88. The fourth-order valence-electron chi connectivity index (χ4n) is 3.53. The summed E-state index contributed by atoms with van der Waals surface area (Å²) in [4.78, 5) is 13.0. The molecule has 0 saturated carbocycles. The molecule has 2 aromatic carbocycles. The third-order valence-electron chi connectivity index (χ3n) is 4.49. The SMILES string of the molecule is C/C=C\c1c(C)c2cc(C)cc3c4ccccc4n(c1=O)c23. The first-order chi connectivity index (χ1) is 10.6. The monoisotopic (exact) mass is 287 g/mol. The molecule has 0 bridgehead atoms. The first kappa shape index (κ1) is 13.1. The lowest BCUT2D eigenvalue weighted by molar-refractivity contribution is 1.15. The summed E-state index contributed by atoms with van der Waals surface area (Å²) in [5, 5.41) is 3.47. The summed E-state index contributed by atoms with van der Waals surface area (Å²) in [5.41, 5.74) is 5.17.